The Morgan fingerprint density at radius 2 is 2.03 bits per heavy atom. The third-order valence-corrected chi connectivity index (χ3v) is 7.13. The molecule has 36 heavy (non-hydrogen) atoms. The number of amidine groups is 1. The van der Waals surface area contributed by atoms with Crippen molar-refractivity contribution in [2.75, 3.05) is 12.3 Å². The van der Waals surface area contributed by atoms with Crippen LogP contribution in [0.1, 0.15) is 33.0 Å². The highest BCUT2D eigenvalue weighted by molar-refractivity contribution is 7.85. The van der Waals surface area contributed by atoms with E-state index in [0.29, 0.717) is 24.3 Å². The van der Waals surface area contributed by atoms with Crippen LogP contribution in [0.2, 0.25) is 0 Å². The largest absolute Gasteiger partial charge is 0.480 e. The molecular formula is C21H23FN4O8S2. The molecule has 194 valence electrons. The fraction of sp³-hybridized carbons (Fsp3) is 0.333. The molecule has 1 aliphatic heterocycles. The Hall–Kier alpha value is -3.40. The van der Waals surface area contributed by atoms with Crippen molar-refractivity contribution in [2.24, 2.45) is 5.73 Å². The first kappa shape index (κ1) is 27.2. The minimum Gasteiger partial charge on any atom is -0.480 e. The summed E-state index contributed by atoms with van der Waals surface area (Å²) in [6, 6.07) is 4.11. The van der Waals surface area contributed by atoms with Crippen molar-refractivity contribution in [1.82, 2.24) is 10.2 Å². The second kappa shape index (κ2) is 11.1. The van der Waals surface area contributed by atoms with Crippen LogP contribution >= 0.6 is 11.3 Å². The van der Waals surface area contributed by atoms with E-state index in [1.165, 1.54) is 18.2 Å². The molecule has 1 amide bonds. The predicted molar refractivity (Wildman–Crippen MR) is 126 cm³/mol. The molecule has 1 unspecified atom stereocenters. The number of thiophene rings is 1. The molecule has 1 aromatic heterocycles. The molecule has 2 atom stereocenters. The lowest BCUT2D eigenvalue weighted by Crippen LogP contribution is -2.51. The topological polar surface area (TPSA) is 200 Å². The highest BCUT2D eigenvalue weighted by Gasteiger charge is 2.34. The average Bonchev–Trinajstić information content (AvgIpc) is 3.43. The van der Waals surface area contributed by atoms with Crippen molar-refractivity contribution >= 4 is 45.1 Å². The molecule has 0 radical (unpaired) electrons. The number of aliphatic carboxylic acids is 1. The molecule has 1 fully saturated rings. The Labute approximate surface area is 209 Å². The van der Waals surface area contributed by atoms with Gasteiger partial charge < -0.3 is 20.9 Å². The zero-order chi connectivity index (χ0) is 26.6. The first-order chi connectivity index (χ1) is 16.8. The number of nitrogens with zero attached hydrogens (tertiary/aromatic N) is 1. The van der Waals surface area contributed by atoms with Crippen molar-refractivity contribution in [2.45, 2.75) is 31.5 Å². The number of nitrogens with two attached hydrogens (primary N) is 1. The van der Waals surface area contributed by atoms with Gasteiger partial charge in [-0.25, -0.2) is 14.0 Å². The molecule has 1 aliphatic rings. The molecule has 12 nitrogen and oxygen atoms in total. The van der Waals surface area contributed by atoms with E-state index < -0.39 is 51.6 Å². The van der Waals surface area contributed by atoms with Crippen molar-refractivity contribution in [3.05, 3.63) is 51.5 Å². The summed E-state index contributed by atoms with van der Waals surface area (Å²) >= 11 is 1.07. The van der Waals surface area contributed by atoms with Crippen LogP contribution in [-0.4, -0.2) is 71.0 Å². The van der Waals surface area contributed by atoms with E-state index in [9.17, 15) is 27.2 Å². The lowest BCUT2D eigenvalue weighted by atomic mass is 10.2. The Morgan fingerprint density at radius 1 is 1.31 bits per heavy atom. The van der Waals surface area contributed by atoms with E-state index >= 15 is 0 Å². The SMILES string of the molecule is N=C(N)c1ccc(OC(=O)c2ccc(CN3CCCC3C(=O)N[C@@H](CS(=O)(=O)O)C(=O)O)s2)c(F)c1. The Bertz CT molecular complexity index is 1300. The second-order valence-corrected chi connectivity index (χ2v) is 10.7. The summed E-state index contributed by atoms with van der Waals surface area (Å²) in [6.45, 7) is 0.743. The minimum atomic E-state index is -4.63. The maximum atomic E-state index is 14.2. The third kappa shape index (κ3) is 7.07. The molecule has 1 saturated heterocycles. The molecule has 0 bridgehead atoms. The van der Waals surface area contributed by atoms with E-state index in [4.69, 9.17) is 25.5 Å². The molecule has 2 heterocycles. The number of nitrogens with one attached hydrogen (secondary N) is 2. The molecule has 6 N–H and O–H groups in total. The highest BCUT2D eigenvalue weighted by Crippen LogP contribution is 2.26. The number of rotatable bonds is 10. The smallest absolute Gasteiger partial charge is 0.353 e. The van der Waals surface area contributed by atoms with Crippen molar-refractivity contribution in [3.63, 3.8) is 0 Å². The van der Waals surface area contributed by atoms with Crippen LogP contribution in [0.4, 0.5) is 4.39 Å². The number of ether oxygens (including phenoxy) is 1. The van der Waals surface area contributed by atoms with Gasteiger partial charge in [0.2, 0.25) is 5.91 Å². The van der Waals surface area contributed by atoms with Gasteiger partial charge in [0.15, 0.2) is 11.6 Å². The van der Waals surface area contributed by atoms with Gasteiger partial charge in [0.25, 0.3) is 10.1 Å². The summed E-state index contributed by atoms with van der Waals surface area (Å²) in [5, 5.41) is 18.6. The first-order valence-electron chi connectivity index (χ1n) is 10.5. The number of hydrogen-bond acceptors (Lipinski definition) is 9. The van der Waals surface area contributed by atoms with Gasteiger partial charge in [-0.3, -0.25) is 19.7 Å². The maximum absolute atomic E-state index is 14.2. The Kier molecular flexibility index (Phi) is 8.39. The summed E-state index contributed by atoms with van der Waals surface area (Å²) in [6.07, 6.45) is 1.03. The fourth-order valence-corrected chi connectivity index (χ4v) is 5.20. The number of likely N-dealkylation sites (tertiary alicyclic amines) is 1. The van der Waals surface area contributed by atoms with Gasteiger partial charge in [0.05, 0.1) is 6.04 Å². The van der Waals surface area contributed by atoms with Crippen LogP contribution in [-0.2, 0) is 26.3 Å². The summed E-state index contributed by atoms with van der Waals surface area (Å²) in [4.78, 5) is 39.0. The van der Waals surface area contributed by atoms with Gasteiger partial charge in [0.1, 0.15) is 22.5 Å². The summed E-state index contributed by atoms with van der Waals surface area (Å²) in [7, 11) is -4.63. The van der Waals surface area contributed by atoms with E-state index in [2.05, 4.69) is 5.32 Å². The lowest BCUT2D eigenvalue weighted by molar-refractivity contribution is -0.141. The van der Waals surface area contributed by atoms with E-state index in [1.807, 2.05) is 0 Å². The number of carbonyl (C=O) groups is 3. The second-order valence-electron chi connectivity index (χ2n) is 7.99. The third-order valence-electron chi connectivity index (χ3n) is 5.33. The summed E-state index contributed by atoms with van der Waals surface area (Å²) in [5.74, 6) is -5.76. The van der Waals surface area contributed by atoms with Gasteiger partial charge in [-0.2, -0.15) is 8.42 Å². The molecular weight excluding hydrogens is 519 g/mol. The van der Waals surface area contributed by atoms with Gasteiger partial charge in [0, 0.05) is 17.0 Å². The van der Waals surface area contributed by atoms with Gasteiger partial charge in [-0.05, 0) is 49.7 Å². The number of halogens is 1. The average molecular weight is 543 g/mol. The number of nitrogen functional groups attached to an aromatic ring is 1. The van der Waals surface area contributed by atoms with Crippen LogP contribution in [0.25, 0.3) is 0 Å². The number of hydrogen-bond donors (Lipinski definition) is 5. The fourth-order valence-electron chi connectivity index (χ4n) is 3.64. The maximum Gasteiger partial charge on any atom is 0.353 e. The van der Waals surface area contributed by atoms with Crippen molar-refractivity contribution in [3.8, 4) is 5.75 Å². The van der Waals surface area contributed by atoms with Crippen LogP contribution < -0.4 is 15.8 Å². The zero-order valence-corrected chi connectivity index (χ0v) is 20.3. The van der Waals surface area contributed by atoms with Crippen LogP contribution in [0.15, 0.2) is 30.3 Å². The first-order valence-corrected chi connectivity index (χ1v) is 12.9. The normalized spacial score (nSPS) is 16.9. The molecule has 15 heteroatoms. The van der Waals surface area contributed by atoms with E-state index in [1.54, 1.807) is 11.0 Å². The summed E-state index contributed by atoms with van der Waals surface area (Å²) < 4.78 is 50.3. The molecule has 0 spiro atoms. The monoisotopic (exact) mass is 542 g/mol. The Morgan fingerprint density at radius 3 is 2.64 bits per heavy atom. The summed E-state index contributed by atoms with van der Waals surface area (Å²) in [5.41, 5.74) is 5.45. The van der Waals surface area contributed by atoms with Gasteiger partial charge in [-0.15, -0.1) is 11.3 Å². The number of carboxylic acid groups (broad SMARTS) is 1. The standard InChI is InChI=1S/C21H23FN4O8S2/c22-13-8-11(18(23)24)3-5-16(13)34-21(30)17-6-4-12(35-17)9-26-7-1-2-15(26)19(27)25-14(20(28)29)10-36(31,32)33/h3-6,8,14-15H,1-2,7,9-10H2,(H3,23,24)(H,25,27)(H,28,29)(H,31,32,33)/t14-,15?/m0/s1. The quantitative estimate of drug-likeness (QED) is 0.0940. The number of amides is 1. The predicted octanol–water partition coefficient (Wildman–Crippen LogP) is 0.812. The van der Waals surface area contributed by atoms with Crippen LogP contribution in [0, 0.1) is 11.2 Å². The number of esters is 1. The molecule has 3 rings (SSSR count). The highest BCUT2D eigenvalue weighted by atomic mass is 32.2. The van der Waals surface area contributed by atoms with Crippen LogP contribution in [0.3, 0.4) is 0 Å². The molecule has 1 aromatic carbocycles. The van der Waals surface area contributed by atoms with Crippen molar-refractivity contribution in [1.29, 1.82) is 5.41 Å². The minimum absolute atomic E-state index is 0.141. The molecule has 2 aromatic rings. The molecule has 0 saturated carbocycles. The molecule has 0 aliphatic carbocycles. The zero-order valence-electron chi connectivity index (χ0n) is 18.6. The number of carbonyl (C=O) groups excluding carboxylic acids is 2. The van der Waals surface area contributed by atoms with E-state index in [0.717, 1.165) is 17.4 Å². The Balaban J connectivity index is 1.64. The van der Waals surface area contributed by atoms with E-state index in [-0.39, 0.29) is 28.6 Å². The van der Waals surface area contributed by atoms with Gasteiger partial charge >= 0.3 is 11.9 Å². The lowest BCUT2D eigenvalue weighted by Gasteiger charge is -2.24. The number of carboxylic acids is 1. The van der Waals surface area contributed by atoms with Crippen molar-refractivity contribution < 1.29 is 41.6 Å². The number of benzene rings is 1. The van der Waals surface area contributed by atoms with Crippen LogP contribution in [0.5, 0.6) is 5.75 Å². The van der Waals surface area contributed by atoms with Gasteiger partial charge in [-0.1, -0.05) is 0 Å².